The zero-order valence-electron chi connectivity index (χ0n) is 37.1. The molecule has 12 N–H and O–H groups in total. The number of hydrogen-bond acceptors (Lipinski definition) is 15. The van der Waals surface area contributed by atoms with E-state index in [1.807, 2.05) is 24.3 Å². The van der Waals surface area contributed by atoms with E-state index in [0.29, 0.717) is 62.4 Å². The second kappa shape index (κ2) is 26.3. The number of fused-ring (bicyclic) bond motifs is 1. The molecule has 23 nitrogen and oxygen atoms in total. The smallest absolute Gasteiger partial charge is 0.326 e. The van der Waals surface area contributed by atoms with Crippen LogP contribution < -0.4 is 43.6 Å². The van der Waals surface area contributed by atoms with Gasteiger partial charge >= 0.3 is 11.9 Å². The molecule has 0 aliphatic rings. The number of carboxylic acid groups (broad SMARTS) is 2. The summed E-state index contributed by atoms with van der Waals surface area (Å²) in [5, 5.41) is 41.6. The van der Waals surface area contributed by atoms with Crippen molar-refractivity contribution in [2.75, 3.05) is 24.1 Å². The zero-order chi connectivity index (χ0) is 49.0. The highest BCUT2D eigenvalue weighted by atomic mass is 127. The van der Waals surface area contributed by atoms with Gasteiger partial charge in [-0.05, 0) is 122 Å². The minimum Gasteiger partial charge on any atom is -0.480 e. The van der Waals surface area contributed by atoms with Gasteiger partial charge in [-0.25, -0.2) is 19.6 Å². The highest BCUT2D eigenvalue weighted by Crippen LogP contribution is 2.14. The van der Waals surface area contributed by atoms with Crippen LogP contribution in [0.5, 0.6) is 0 Å². The predicted molar refractivity (Wildman–Crippen MR) is 257 cm³/mol. The lowest BCUT2D eigenvalue weighted by Crippen LogP contribution is -2.52. The molecule has 3 aromatic heterocycles. The average molecular weight is 1050 g/mol. The minimum atomic E-state index is -1.49. The normalized spacial score (nSPS) is 12.4. The number of nitrogen functional groups attached to an aromatic ring is 1. The van der Waals surface area contributed by atoms with Crippen LogP contribution in [0.2, 0.25) is 0 Å². The maximum absolute atomic E-state index is 13.7. The number of unbranched alkanes of at least 4 members (excludes halogenated alkanes) is 2. The minimum absolute atomic E-state index is 0.0174. The lowest BCUT2D eigenvalue weighted by Gasteiger charge is -2.21. The third kappa shape index (κ3) is 17.0. The summed E-state index contributed by atoms with van der Waals surface area (Å²) in [5.41, 5.74) is 13.3. The number of carbonyl (C=O) groups excluding carboxylic acids is 4. The van der Waals surface area contributed by atoms with Gasteiger partial charge in [-0.2, -0.15) is 4.98 Å². The van der Waals surface area contributed by atoms with Gasteiger partial charge in [-0.15, -0.1) is 5.10 Å². The first kappa shape index (κ1) is 51.9. The van der Waals surface area contributed by atoms with Gasteiger partial charge in [-0.1, -0.05) is 17.3 Å². The van der Waals surface area contributed by atoms with Gasteiger partial charge < -0.3 is 48.3 Å². The number of rotatable bonds is 28. The van der Waals surface area contributed by atoms with Crippen molar-refractivity contribution < 1.29 is 39.0 Å². The number of amides is 4. The Labute approximate surface area is 403 Å². The predicted octanol–water partition coefficient (Wildman–Crippen LogP) is 1.41. The molecule has 2 aromatic carbocycles. The summed E-state index contributed by atoms with van der Waals surface area (Å²) in [6.07, 6.45) is 6.23. The van der Waals surface area contributed by atoms with Crippen LogP contribution in [0.4, 0.5) is 11.6 Å². The molecule has 0 radical (unpaired) electrons. The molecule has 0 spiro atoms. The van der Waals surface area contributed by atoms with E-state index in [4.69, 9.17) is 11.5 Å². The molecule has 0 aliphatic heterocycles. The van der Waals surface area contributed by atoms with Crippen LogP contribution in [0.25, 0.3) is 11.2 Å². The Kier molecular flexibility index (Phi) is 20.1. The number of carbonyl (C=O) groups is 6. The molecule has 0 bridgehead atoms. The Bertz CT molecular complexity index is 2570. The van der Waals surface area contributed by atoms with E-state index < -0.39 is 59.8 Å². The van der Waals surface area contributed by atoms with Crippen molar-refractivity contribution in [3.05, 3.63) is 97.4 Å². The Balaban J connectivity index is 1.12. The van der Waals surface area contributed by atoms with Crippen LogP contribution in [0, 0.1) is 3.57 Å². The number of nitrogens with two attached hydrogens (primary N) is 2. The summed E-state index contributed by atoms with van der Waals surface area (Å²) in [5.74, 6) is -5.16. The van der Waals surface area contributed by atoms with E-state index >= 15 is 0 Å². The van der Waals surface area contributed by atoms with Crippen molar-refractivity contribution in [2.45, 2.75) is 102 Å². The van der Waals surface area contributed by atoms with Crippen LogP contribution in [0.1, 0.15) is 85.1 Å². The van der Waals surface area contributed by atoms with E-state index in [9.17, 15) is 43.8 Å². The number of nitrogens with zero attached hydrogens (tertiary/aromatic N) is 6. The molecular weight excluding hydrogens is 995 g/mol. The van der Waals surface area contributed by atoms with Gasteiger partial charge in [-0.3, -0.25) is 33.6 Å². The second-order valence-corrected chi connectivity index (χ2v) is 17.1. The van der Waals surface area contributed by atoms with Crippen LogP contribution >= 0.6 is 22.6 Å². The van der Waals surface area contributed by atoms with Crippen molar-refractivity contribution >= 4 is 81.0 Å². The van der Waals surface area contributed by atoms with Crippen LogP contribution in [-0.2, 0) is 49.9 Å². The van der Waals surface area contributed by atoms with Gasteiger partial charge in [0.05, 0.1) is 24.1 Å². The molecular formula is C44H55IN14O9. The lowest BCUT2D eigenvalue weighted by molar-refractivity contribution is -0.142. The van der Waals surface area contributed by atoms with Crippen molar-refractivity contribution in [1.29, 1.82) is 0 Å². The molecule has 4 amide bonds. The number of nitrogens with one attached hydrogen (secondary N) is 6. The highest BCUT2D eigenvalue weighted by Gasteiger charge is 2.29. The summed E-state index contributed by atoms with van der Waals surface area (Å²) in [7, 11) is 0. The number of carboxylic acids is 2. The van der Waals surface area contributed by atoms with E-state index in [2.05, 4.69) is 79.4 Å². The monoisotopic (exact) mass is 1050 g/mol. The van der Waals surface area contributed by atoms with Crippen molar-refractivity contribution in [2.24, 2.45) is 5.73 Å². The topological polar surface area (TPSA) is 357 Å². The summed E-state index contributed by atoms with van der Waals surface area (Å²) in [6.45, 7) is 1.49. The van der Waals surface area contributed by atoms with Gasteiger partial charge in [0.1, 0.15) is 18.1 Å². The number of H-pyrrole nitrogens is 1. The molecule has 5 rings (SSSR count). The van der Waals surface area contributed by atoms with Gasteiger partial charge in [0.25, 0.3) is 11.5 Å². The number of aromatic amines is 1. The van der Waals surface area contributed by atoms with E-state index in [0.717, 1.165) is 28.4 Å². The average Bonchev–Trinajstić information content (AvgIpc) is 3.76. The van der Waals surface area contributed by atoms with Crippen LogP contribution in [0.3, 0.4) is 0 Å². The van der Waals surface area contributed by atoms with Crippen LogP contribution in [-0.4, -0.2) is 112 Å². The van der Waals surface area contributed by atoms with E-state index in [-0.39, 0.29) is 54.4 Å². The summed E-state index contributed by atoms with van der Waals surface area (Å²) in [4.78, 5) is 104. The fourth-order valence-electron chi connectivity index (χ4n) is 6.83. The molecule has 0 saturated carbocycles. The molecule has 3 atom stereocenters. The molecule has 24 heteroatoms. The number of aromatic nitrogens is 7. The molecule has 0 saturated heterocycles. The number of aliphatic carboxylic acids is 2. The van der Waals surface area contributed by atoms with Gasteiger partial charge in [0.2, 0.25) is 23.7 Å². The Morgan fingerprint density at radius 2 is 1.53 bits per heavy atom. The first-order chi connectivity index (χ1) is 32.7. The number of benzene rings is 2. The van der Waals surface area contributed by atoms with E-state index in [1.54, 1.807) is 23.0 Å². The summed E-state index contributed by atoms with van der Waals surface area (Å²) >= 11 is 2.23. The first-order valence-electron chi connectivity index (χ1n) is 22.0. The van der Waals surface area contributed by atoms with E-state index in [1.165, 1.54) is 18.3 Å². The highest BCUT2D eigenvalue weighted by molar-refractivity contribution is 14.1. The van der Waals surface area contributed by atoms with Gasteiger partial charge in [0, 0.05) is 53.4 Å². The molecule has 0 fully saturated rings. The number of hydrogen-bond donors (Lipinski definition) is 10. The molecule has 3 unspecified atom stereocenters. The second-order valence-electron chi connectivity index (χ2n) is 15.8. The molecule has 5 aromatic rings. The Hall–Kier alpha value is -7.09. The lowest BCUT2D eigenvalue weighted by atomic mass is 10.1. The third-order valence-corrected chi connectivity index (χ3v) is 11.2. The first-order valence-corrected chi connectivity index (χ1v) is 23.1. The number of halogens is 1. The molecule has 362 valence electrons. The Morgan fingerprint density at radius 3 is 2.25 bits per heavy atom. The molecule has 68 heavy (non-hydrogen) atoms. The molecule has 3 heterocycles. The standard InChI is InChI=1S/C44H55IN14O9/c45-28-13-9-26(10-14-28)6-5-8-35(60)48-20-3-1-7-32(42(65)66)54-40(63)34(22-30-25-59(58-57-30)21-4-2-19-46)52-36(61)18-17-33(43(67)68)53-39(62)27-11-15-29(16-12-27)49-23-31-24-50-38-37(51-31)41(64)56-44(47)55-38/h9-16,24-25,32-34,49H,1-8,17-23,46H2,(H,48,60)(H,52,61)(H,53,62)(H,54,63)(H,65,66)(H,67,68)(H3,47,50,55,56,64). The van der Waals surface area contributed by atoms with Crippen molar-refractivity contribution in [3.8, 4) is 0 Å². The number of aryl methyl sites for hydroxylation is 2. The quantitative estimate of drug-likeness (QED) is 0.0250. The fourth-order valence-corrected chi connectivity index (χ4v) is 7.19. The SMILES string of the molecule is NCCCCn1cc(CC(NC(=O)CCC(NC(=O)c2ccc(NCc3cnc4nc(N)[nH]c(=O)c4n3)cc2)C(=O)O)C(=O)NC(CCCCNC(=O)CCCc2ccc(I)cc2)C(=O)O)nn1. The maximum atomic E-state index is 13.7. The summed E-state index contributed by atoms with van der Waals surface area (Å²) in [6, 6.07) is 10.0. The fraction of sp³-hybridized carbons (Fsp3) is 0.409. The summed E-state index contributed by atoms with van der Waals surface area (Å²) < 4.78 is 2.70. The van der Waals surface area contributed by atoms with Crippen LogP contribution in [0.15, 0.2) is 65.7 Å². The number of anilines is 2. The molecule has 0 aliphatic carbocycles. The Morgan fingerprint density at radius 1 is 0.794 bits per heavy atom. The van der Waals surface area contributed by atoms with Crippen molar-refractivity contribution in [3.63, 3.8) is 0 Å². The largest absolute Gasteiger partial charge is 0.480 e. The zero-order valence-corrected chi connectivity index (χ0v) is 39.2. The van der Waals surface area contributed by atoms with Gasteiger partial charge in [0.15, 0.2) is 11.2 Å². The maximum Gasteiger partial charge on any atom is 0.326 e. The third-order valence-electron chi connectivity index (χ3n) is 10.5. The van der Waals surface area contributed by atoms with Crippen molar-refractivity contribution in [1.82, 2.24) is 56.2 Å².